The van der Waals surface area contributed by atoms with E-state index >= 15 is 0 Å². The van der Waals surface area contributed by atoms with Gasteiger partial charge in [0.2, 0.25) is 5.91 Å². The van der Waals surface area contributed by atoms with E-state index in [2.05, 4.69) is 5.32 Å². The van der Waals surface area contributed by atoms with E-state index in [1.165, 1.54) is 0 Å². The van der Waals surface area contributed by atoms with E-state index in [0.29, 0.717) is 11.6 Å². The van der Waals surface area contributed by atoms with Crippen LogP contribution in [0.15, 0.2) is 24.3 Å². The Labute approximate surface area is 97.2 Å². The van der Waals surface area contributed by atoms with Crippen molar-refractivity contribution in [2.24, 2.45) is 5.92 Å². The molecule has 2 atom stereocenters. The molecule has 1 aromatic rings. The Hall–Kier alpha value is -1.55. The molecule has 1 aromatic carbocycles. The van der Waals surface area contributed by atoms with Crippen LogP contribution in [-0.4, -0.2) is 23.5 Å². The number of nitrogens with one attached hydrogen (secondary N) is 1. The Morgan fingerprint density at radius 3 is 2.56 bits per heavy atom. The van der Waals surface area contributed by atoms with Crippen LogP contribution in [0, 0.1) is 5.92 Å². The van der Waals surface area contributed by atoms with Gasteiger partial charge in [0, 0.05) is 17.5 Å². The Bertz CT molecular complexity index is 429. The number of hydrogen-bond donors (Lipinski definition) is 2. The molecule has 1 fully saturated rings. The smallest absolute Gasteiger partial charge is 0.316 e. The van der Waals surface area contributed by atoms with Crippen LogP contribution in [0.2, 0.25) is 5.02 Å². The number of hydrogen-bond acceptors (Lipinski definition) is 2. The number of amides is 1. The molecule has 16 heavy (non-hydrogen) atoms. The van der Waals surface area contributed by atoms with Crippen molar-refractivity contribution < 1.29 is 14.7 Å². The molecule has 0 bridgehead atoms. The third kappa shape index (κ3) is 1.88. The maximum Gasteiger partial charge on any atom is 0.316 e. The van der Waals surface area contributed by atoms with Gasteiger partial charge in [-0.25, -0.2) is 0 Å². The van der Waals surface area contributed by atoms with Crippen molar-refractivity contribution in [3.8, 4) is 0 Å². The molecule has 1 aliphatic heterocycles. The largest absolute Gasteiger partial charge is 0.481 e. The lowest BCUT2D eigenvalue weighted by molar-refractivity contribution is -0.145. The monoisotopic (exact) mass is 239 g/mol. The lowest BCUT2D eigenvalue weighted by atomic mass is 9.89. The summed E-state index contributed by atoms with van der Waals surface area (Å²) >= 11 is 5.75. The summed E-state index contributed by atoms with van der Waals surface area (Å²) in [5.74, 6) is -2.83. The van der Waals surface area contributed by atoms with Gasteiger partial charge in [0.25, 0.3) is 0 Å². The standard InChI is InChI=1S/C11H10ClNO3/c12-7-3-1-6(2-4-7)8-5-13-10(14)9(8)11(15)16/h1-4,8-9H,5H2,(H,13,14)(H,15,16)/t8-,9-/m1/s1. The van der Waals surface area contributed by atoms with Crippen LogP contribution in [0.3, 0.4) is 0 Å². The summed E-state index contributed by atoms with van der Waals surface area (Å²) in [6, 6.07) is 6.89. The molecule has 0 saturated carbocycles. The molecule has 1 amide bonds. The Morgan fingerprint density at radius 2 is 2.00 bits per heavy atom. The third-order valence-corrected chi connectivity index (χ3v) is 3.00. The summed E-state index contributed by atoms with van der Waals surface area (Å²) in [7, 11) is 0. The number of carboxylic acids is 1. The highest BCUT2D eigenvalue weighted by Gasteiger charge is 2.40. The zero-order chi connectivity index (χ0) is 11.7. The van der Waals surface area contributed by atoms with Crippen molar-refractivity contribution in [2.45, 2.75) is 5.92 Å². The van der Waals surface area contributed by atoms with E-state index < -0.39 is 17.8 Å². The average Bonchev–Trinajstić information content (AvgIpc) is 2.61. The maximum atomic E-state index is 11.3. The molecule has 0 spiro atoms. The van der Waals surface area contributed by atoms with Crippen molar-refractivity contribution in [1.29, 1.82) is 0 Å². The maximum absolute atomic E-state index is 11.3. The van der Waals surface area contributed by atoms with Crippen molar-refractivity contribution in [2.75, 3.05) is 6.54 Å². The summed E-state index contributed by atoms with van der Waals surface area (Å²) in [6.07, 6.45) is 0. The highest BCUT2D eigenvalue weighted by atomic mass is 35.5. The highest BCUT2D eigenvalue weighted by molar-refractivity contribution is 6.30. The predicted molar refractivity (Wildman–Crippen MR) is 58.3 cm³/mol. The van der Waals surface area contributed by atoms with E-state index in [9.17, 15) is 9.59 Å². The van der Waals surface area contributed by atoms with Gasteiger partial charge in [0.05, 0.1) is 0 Å². The molecule has 0 unspecified atom stereocenters. The van der Waals surface area contributed by atoms with Crippen molar-refractivity contribution in [3.63, 3.8) is 0 Å². The number of carbonyl (C=O) groups excluding carboxylic acids is 1. The number of halogens is 1. The minimum absolute atomic E-state index is 0.317. The quantitative estimate of drug-likeness (QED) is 0.764. The molecule has 5 heteroatoms. The van der Waals surface area contributed by atoms with Crippen LogP contribution < -0.4 is 5.32 Å². The highest BCUT2D eigenvalue weighted by Crippen LogP contribution is 2.29. The summed E-state index contributed by atoms with van der Waals surface area (Å²) in [6.45, 7) is 0.359. The molecular formula is C11H10ClNO3. The number of benzene rings is 1. The molecule has 1 aliphatic rings. The van der Waals surface area contributed by atoms with Crippen molar-refractivity contribution in [1.82, 2.24) is 5.32 Å². The van der Waals surface area contributed by atoms with Gasteiger partial charge < -0.3 is 10.4 Å². The molecule has 2 rings (SSSR count). The lowest BCUT2D eigenvalue weighted by Crippen LogP contribution is -2.26. The molecule has 84 valence electrons. The van der Waals surface area contributed by atoms with Crippen molar-refractivity contribution in [3.05, 3.63) is 34.9 Å². The average molecular weight is 240 g/mol. The van der Waals surface area contributed by atoms with Gasteiger partial charge in [-0.15, -0.1) is 0 Å². The lowest BCUT2D eigenvalue weighted by Gasteiger charge is -2.13. The minimum atomic E-state index is -1.09. The van der Waals surface area contributed by atoms with E-state index in [0.717, 1.165) is 5.56 Å². The first kappa shape index (κ1) is 11.0. The second kappa shape index (κ2) is 4.14. The van der Waals surface area contributed by atoms with Gasteiger partial charge in [-0.2, -0.15) is 0 Å². The summed E-state index contributed by atoms with van der Waals surface area (Å²) in [5.41, 5.74) is 0.815. The van der Waals surface area contributed by atoms with Gasteiger partial charge in [-0.3, -0.25) is 9.59 Å². The van der Waals surface area contributed by atoms with E-state index in [1.807, 2.05) is 0 Å². The van der Waals surface area contributed by atoms with Crippen LogP contribution in [0.4, 0.5) is 0 Å². The third-order valence-electron chi connectivity index (χ3n) is 2.75. The first-order valence-electron chi connectivity index (χ1n) is 4.85. The fourth-order valence-electron chi connectivity index (χ4n) is 1.93. The first-order valence-corrected chi connectivity index (χ1v) is 5.23. The Kier molecular flexibility index (Phi) is 2.83. The van der Waals surface area contributed by atoms with Crippen LogP contribution in [-0.2, 0) is 9.59 Å². The molecule has 0 aromatic heterocycles. The SMILES string of the molecule is O=C(O)[C@H]1C(=O)NC[C@@H]1c1ccc(Cl)cc1. The van der Waals surface area contributed by atoms with E-state index in [-0.39, 0.29) is 5.92 Å². The molecule has 4 nitrogen and oxygen atoms in total. The second-order valence-corrected chi connectivity index (χ2v) is 4.16. The van der Waals surface area contributed by atoms with Gasteiger partial charge in [-0.05, 0) is 17.7 Å². The topological polar surface area (TPSA) is 66.4 Å². The van der Waals surface area contributed by atoms with Crippen LogP contribution in [0.1, 0.15) is 11.5 Å². The molecule has 2 N–H and O–H groups in total. The number of rotatable bonds is 2. The van der Waals surface area contributed by atoms with Crippen LogP contribution >= 0.6 is 11.6 Å². The van der Waals surface area contributed by atoms with Crippen LogP contribution in [0.5, 0.6) is 0 Å². The fraction of sp³-hybridized carbons (Fsp3) is 0.273. The fourth-order valence-corrected chi connectivity index (χ4v) is 2.05. The Balaban J connectivity index is 2.30. The van der Waals surface area contributed by atoms with E-state index in [1.54, 1.807) is 24.3 Å². The number of carboxylic acid groups (broad SMARTS) is 1. The molecule has 1 saturated heterocycles. The second-order valence-electron chi connectivity index (χ2n) is 3.72. The normalized spacial score (nSPS) is 24.2. The number of carbonyl (C=O) groups is 2. The molecule has 1 heterocycles. The zero-order valence-electron chi connectivity index (χ0n) is 8.31. The minimum Gasteiger partial charge on any atom is -0.481 e. The van der Waals surface area contributed by atoms with Crippen LogP contribution in [0.25, 0.3) is 0 Å². The molecule has 0 aliphatic carbocycles. The van der Waals surface area contributed by atoms with Gasteiger partial charge >= 0.3 is 5.97 Å². The molecule has 0 radical (unpaired) electrons. The van der Waals surface area contributed by atoms with Gasteiger partial charge in [0.15, 0.2) is 0 Å². The molecular weight excluding hydrogens is 230 g/mol. The van der Waals surface area contributed by atoms with Gasteiger partial charge in [-0.1, -0.05) is 23.7 Å². The van der Waals surface area contributed by atoms with Crippen molar-refractivity contribution >= 4 is 23.5 Å². The first-order chi connectivity index (χ1) is 7.59. The summed E-state index contributed by atoms with van der Waals surface area (Å²) < 4.78 is 0. The Morgan fingerprint density at radius 1 is 1.38 bits per heavy atom. The summed E-state index contributed by atoms with van der Waals surface area (Å²) in [4.78, 5) is 22.3. The van der Waals surface area contributed by atoms with E-state index in [4.69, 9.17) is 16.7 Å². The summed E-state index contributed by atoms with van der Waals surface area (Å²) in [5, 5.41) is 12.1. The predicted octanol–water partition coefficient (Wildman–Crippen LogP) is 1.25. The van der Waals surface area contributed by atoms with Gasteiger partial charge in [0.1, 0.15) is 5.92 Å². The number of aliphatic carboxylic acids is 1. The zero-order valence-corrected chi connectivity index (χ0v) is 9.07.